The molecule has 0 amide bonds. The van der Waals surface area contributed by atoms with E-state index in [1.165, 1.54) is 103 Å². The first-order valence-electron chi connectivity index (χ1n) is 26.7. The predicted molar refractivity (Wildman–Crippen MR) is 279 cm³/mol. The van der Waals surface area contributed by atoms with Crippen LogP contribution in [0.3, 0.4) is 0 Å². The van der Waals surface area contributed by atoms with Gasteiger partial charge in [0.1, 0.15) is 13.2 Å². The molecule has 0 heterocycles. The fourth-order valence-electron chi connectivity index (χ4n) is 7.02. The van der Waals surface area contributed by atoms with Gasteiger partial charge in [-0.2, -0.15) is 0 Å². The summed E-state index contributed by atoms with van der Waals surface area (Å²) in [5.74, 6) is -0.997. The van der Waals surface area contributed by atoms with Crippen molar-refractivity contribution in [3.8, 4) is 0 Å². The van der Waals surface area contributed by atoms with Crippen molar-refractivity contribution < 1.29 is 28.6 Å². The summed E-state index contributed by atoms with van der Waals surface area (Å²) in [5.41, 5.74) is 0. The van der Waals surface area contributed by atoms with Crippen molar-refractivity contribution in [1.82, 2.24) is 0 Å². The Morgan fingerprint density at radius 2 is 0.600 bits per heavy atom. The zero-order valence-corrected chi connectivity index (χ0v) is 42.2. The van der Waals surface area contributed by atoms with Gasteiger partial charge in [-0.3, -0.25) is 14.4 Å². The first kappa shape index (κ1) is 61.3. The molecular formula is C59H98O6. The maximum atomic E-state index is 12.8. The van der Waals surface area contributed by atoms with E-state index in [-0.39, 0.29) is 37.5 Å². The van der Waals surface area contributed by atoms with Crippen molar-refractivity contribution in [2.75, 3.05) is 13.2 Å². The van der Waals surface area contributed by atoms with E-state index in [0.29, 0.717) is 25.7 Å². The molecule has 1 atom stereocenters. The lowest BCUT2D eigenvalue weighted by Gasteiger charge is -2.18. The van der Waals surface area contributed by atoms with Gasteiger partial charge < -0.3 is 14.2 Å². The highest BCUT2D eigenvalue weighted by molar-refractivity contribution is 5.71. The molecule has 0 N–H and O–H groups in total. The van der Waals surface area contributed by atoms with E-state index in [0.717, 1.165) is 83.5 Å². The van der Waals surface area contributed by atoms with Crippen molar-refractivity contribution >= 4 is 17.9 Å². The topological polar surface area (TPSA) is 78.9 Å². The molecule has 0 radical (unpaired) electrons. The summed E-state index contributed by atoms with van der Waals surface area (Å²) in [7, 11) is 0. The van der Waals surface area contributed by atoms with Gasteiger partial charge in [-0.15, -0.1) is 0 Å². The Morgan fingerprint density at radius 3 is 1.02 bits per heavy atom. The fraction of sp³-hybridized carbons (Fsp3) is 0.678. The van der Waals surface area contributed by atoms with Crippen LogP contribution in [0.2, 0.25) is 0 Å². The van der Waals surface area contributed by atoms with Crippen LogP contribution in [0.4, 0.5) is 0 Å². The Balaban J connectivity index is 4.51. The lowest BCUT2D eigenvalue weighted by Crippen LogP contribution is -2.30. The minimum Gasteiger partial charge on any atom is -0.462 e. The minimum atomic E-state index is -0.817. The second kappa shape index (κ2) is 52.9. The zero-order valence-electron chi connectivity index (χ0n) is 42.2. The van der Waals surface area contributed by atoms with Crippen LogP contribution in [0.25, 0.3) is 0 Å². The second-order valence-electron chi connectivity index (χ2n) is 17.4. The molecule has 0 aliphatic rings. The van der Waals surface area contributed by atoms with Crippen LogP contribution in [0.1, 0.15) is 239 Å². The number of carbonyl (C=O) groups is 3. The highest BCUT2D eigenvalue weighted by atomic mass is 16.6. The van der Waals surface area contributed by atoms with Gasteiger partial charge in [0, 0.05) is 19.3 Å². The number of rotatable bonds is 47. The van der Waals surface area contributed by atoms with Gasteiger partial charge in [0.2, 0.25) is 0 Å². The van der Waals surface area contributed by atoms with E-state index in [9.17, 15) is 14.4 Å². The molecule has 0 fully saturated rings. The smallest absolute Gasteiger partial charge is 0.306 e. The molecule has 0 aromatic rings. The summed E-state index contributed by atoms with van der Waals surface area (Å²) in [5, 5.41) is 0. The van der Waals surface area contributed by atoms with Crippen LogP contribution < -0.4 is 0 Å². The normalized spacial score (nSPS) is 12.8. The summed E-state index contributed by atoms with van der Waals surface area (Å²) in [6.07, 6.45) is 69.7. The molecule has 0 saturated carbocycles. The molecular weight excluding hydrogens is 805 g/mol. The monoisotopic (exact) mass is 903 g/mol. The van der Waals surface area contributed by atoms with Gasteiger partial charge in [-0.05, 0) is 122 Å². The van der Waals surface area contributed by atoms with E-state index < -0.39 is 6.10 Å². The summed E-state index contributed by atoms with van der Waals surface area (Å²) < 4.78 is 16.7. The van der Waals surface area contributed by atoms with Gasteiger partial charge in [0.15, 0.2) is 6.10 Å². The van der Waals surface area contributed by atoms with Crippen molar-refractivity contribution in [3.05, 3.63) is 97.2 Å². The second-order valence-corrected chi connectivity index (χ2v) is 17.4. The Labute approximate surface area is 400 Å². The SMILES string of the molecule is CC/C=C\C/C=C\C/C=C\C/C=C\CCCCC(=O)OC[C@H](COC(=O)CCCCCCCCC/C=C\CCCCCCCC)OC(=O)CCCC/C=C\C/C=C\C/C=C\CCCCC. The Morgan fingerprint density at radius 1 is 0.323 bits per heavy atom. The lowest BCUT2D eigenvalue weighted by molar-refractivity contribution is -0.167. The molecule has 0 rings (SSSR count). The first-order chi connectivity index (χ1) is 32.0. The van der Waals surface area contributed by atoms with E-state index in [1.807, 2.05) is 0 Å². The summed E-state index contributed by atoms with van der Waals surface area (Å²) in [6.45, 7) is 6.41. The number of hydrogen-bond acceptors (Lipinski definition) is 6. The number of allylic oxidation sites excluding steroid dienone is 16. The number of esters is 3. The van der Waals surface area contributed by atoms with Crippen LogP contribution in [0.5, 0.6) is 0 Å². The minimum absolute atomic E-state index is 0.109. The van der Waals surface area contributed by atoms with E-state index in [4.69, 9.17) is 14.2 Å². The van der Waals surface area contributed by atoms with Gasteiger partial charge in [0.05, 0.1) is 0 Å². The highest BCUT2D eigenvalue weighted by Gasteiger charge is 2.19. The predicted octanol–water partition coefficient (Wildman–Crippen LogP) is 17.8. The maximum absolute atomic E-state index is 12.8. The molecule has 0 unspecified atom stereocenters. The molecule has 0 saturated heterocycles. The third-order valence-electron chi connectivity index (χ3n) is 11.0. The van der Waals surface area contributed by atoms with E-state index in [2.05, 4.69) is 118 Å². The molecule has 370 valence electrons. The van der Waals surface area contributed by atoms with Crippen LogP contribution in [-0.2, 0) is 28.6 Å². The molecule has 0 aromatic carbocycles. The average molecular weight is 903 g/mol. The van der Waals surface area contributed by atoms with Crippen LogP contribution >= 0.6 is 0 Å². The standard InChI is InChI=1S/C59H98O6/c1-4-7-10-13-16-19-22-25-28-29-32-34-37-40-43-46-49-52-58(61)64-55-56(65-59(62)53-50-47-44-41-38-35-31-27-24-21-18-15-12-9-6-3)54-63-57(60)51-48-45-42-39-36-33-30-26-23-20-17-14-11-8-5-2/h8,11,17-18,20-21,25-28,30-31,36,38-39,41,56H,4-7,9-10,12-16,19,22-24,29,32-35,37,40,42-55H2,1-3H3/b11-8-,20-17-,21-18-,28-25-,30-26-,31-27-,39-36-,41-38-/t56-/m1/s1. The van der Waals surface area contributed by atoms with Crippen LogP contribution in [0.15, 0.2) is 97.2 Å². The highest BCUT2D eigenvalue weighted by Crippen LogP contribution is 2.13. The number of ether oxygens (including phenoxy) is 3. The largest absolute Gasteiger partial charge is 0.462 e. The number of unbranched alkanes of at least 4 members (excludes halogenated alkanes) is 20. The van der Waals surface area contributed by atoms with Crippen LogP contribution in [-0.4, -0.2) is 37.2 Å². The summed E-state index contributed by atoms with van der Waals surface area (Å²) in [4.78, 5) is 38.0. The number of hydrogen-bond donors (Lipinski definition) is 0. The average Bonchev–Trinajstić information content (AvgIpc) is 3.30. The molecule has 0 aliphatic heterocycles. The summed E-state index contributed by atoms with van der Waals surface area (Å²) in [6, 6.07) is 0. The summed E-state index contributed by atoms with van der Waals surface area (Å²) >= 11 is 0. The number of carbonyl (C=O) groups excluding carboxylic acids is 3. The zero-order chi connectivity index (χ0) is 47.2. The molecule has 0 spiro atoms. The molecule has 6 nitrogen and oxygen atoms in total. The Hall–Kier alpha value is -3.67. The van der Waals surface area contributed by atoms with Gasteiger partial charge >= 0.3 is 17.9 Å². The van der Waals surface area contributed by atoms with Gasteiger partial charge in [-0.1, -0.05) is 195 Å². The molecule has 0 bridgehead atoms. The quantitative estimate of drug-likeness (QED) is 0.0262. The van der Waals surface area contributed by atoms with E-state index in [1.54, 1.807) is 0 Å². The van der Waals surface area contributed by atoms with Crippen molar-refractivity contribution in [3.63, 3.8) is 0 Å². The molecule has 0 aromatic heterocycles. The fourth-order valence-corrected chi connectivity index (χ4v) is 7.02. The van der Waals surface area contributed by atoms with Crippen molar-refractivity contribution in [1.29, 1.82) is 0 Å². The Kier molecular flexibility index (Phi) is 50.0. The first-order valence-corrected chi connectivity index (χ1v) is 26.7. The third-order valence-corrected chi connectivity index (χ3v) is 11.0. The van der Waals surface area contributed by atoms with Gasteiger partial charge in [-0.25, -0.2) is 0 Å². The van der Waals surface area contributed by atoms with Crippen molar-refractivity contribution in [2.45, 2.75) is 245 Å². The van der Waals surface area contributed by atoms with E-state index >= 15 is 0 Å². The third kappa shape index (κ3) is 51.2. The van der Waals surface area contributed by atoms with Gasteiger partial charge in [0.25, 0.3) is 0 Å². The maximum Gasteiger partial charge on any atom is 0.306 e. The molecule has 65 heavy (non-hydrogen) atoms. The molecule has 0 aliphatic carbocycles. The molecule has 6 heteroatoms. The lowest BCUT2D eigenvalue weighted by atomic mass is 10.1. The Bertz CT molecular complexity index is 1310. The van der Waals surface area contributed by atoms with Crippen LogP contribution in [0, 0.1) is 0 Å². The van der Waals surface area contributed by atoms with Crippen molar-refractivity contribution in [2.24, 2.45) is 0 Å².